The Morgan fingerprint density at radius 2 is 2.42 bits per heavy atom. The van der Waals surface area contributed by atoms with Crippen molar-refractivity contribution in [3.63, 3.8) is 0 Å². The van der Waals surface area contributed by atoms with Gasteiger partial charge in [-0.3, -0.25) is 0 Å². The summed E-state index contributed by atoms with van der Waals surface area (Å²) in [5, 5.41) is 0. The summed E-state index contributed by atoms with van der Waals surface area (Å²) in [7, 11) is 0. The van der Waals surface area contributed by atoms with Crippen molar-refractivity contribution in [3.8, 4) is 0 Å². The lowest BCUT2D eigenvalue weighted by Gasteiger charge is -2.35. The lowest BCUT2D eigenvalue weighted by Crippen LogP contribution is -2.36. The van der Waals surface area contributed by atoms with Gasteiger partial charge in [0.15, 0.2) is 0 Å². The van der Waals surface area contributed by atoms with Gasteiger partial charge in [-0.15, -0.1) is 11.6 Å². The zero-order chi connectivity index (χ0) is 9.03. The highest BCUT2D eigenvalue weighted by molar-refractivity contribution is 6.18. The summed E-state index contributed by atoms with van der Waals surface area (Å²) >= 11 is 5.81. The van der Waals surface area contributed by atoms with Gasteiger partial charge in [0, 0.05) is 5.88 Å². The molecule has 0 radical (unpaired) electrons. The van der Waals surface area contributed by atoms with Crippen molar-refractivity contribution in [2.45, 2.75) is 38.1 Å². The number of aliphatic imine (C=N–C) groups is 1. The van der Waals surface area contributed by atoms with Crippen LogP contribution < -0.4 is 0 Å². The van der Waals surface area contributed by atoms with Gasteiger partial charge in [0.1, 0.15) is 0 Å². The molecule has 3 heteroatoms. The molecule has 0 amide bonds. The zero-order valence-electron chi connectivity index (χ0n) is 7.35. The van der Waals surface area contributed by atoms with Crippen molar-refractivity contribution in [2.24, 2.45) is 10.9 Å². The van der Waals surface area contributed by atoms with Crippen molar-refractivity contribution in [2.75, 3.05) is 5.88 Å². The third-order valence-electron chi connectivity index (χ3n) is 2.85. The van der Waals surface area contributed by atoms with Crippen LogP contribution in [0.5, 0.6) is 0 Å². The molecular weight excluding hydrogens is 174 g/mol. The molecule has 0 heterocycles. The van der Waals surface area contributed by atoms with Crippen LogP contribution in [0.2, 0.25) is 0 Å². The smallest absolute Gasteiger partial charge is 0.211 e. The van der Waals surface area contributed by atoms with Crippen molar-refractivity contribution in [3.05, 3.63) is 0 Å². The Morgan fingerprint density at radius 1 is 1.67 bits per heavy atom. The molecule has 0 bridgehead atoms. The van der Waals surface area contributed by atoms with E-state index in [0.29, 0.717) is 11.8 Å². The van der Waals surface area contributed by atoms with Crippen LogP contribution in [0.3, 0.4) is 0 Å². The lowest BCUT2D eigenvalue weighted by molar-refractivity contribution is 0.231. The predicted octanol–water partition coefficient (Wildman–Crippen LogP) is 2.51. The minimum Gasteiger partial charge on any atom is -0.211 e. The van der Waals surface area contributed by atoms with Gasteiger partial charge in [0.05, 0.1) is 5.54 Å². The van der Waals surface area contributed by atoms with E-state index >= 15 is 0 Å². The number of carbonyl (C=O) groups excluding carboxylic acids is 1. The molecule has 1 fully saturated rings. The van der Waals surface area contributed by atoms with E-state index in [-0.39, 0.29) is 5.54 Å². The summed E-state index contributed by atoms with van der Waals surface area (Å²) in [5.41, 5.74) is -0.234. The maximum atomic E-state index is 10.2. The number of isocyanates is 1. The first-order valence-corrected chi connectivity index (χ1v) is 4.91. The number of alkyl halides is 1. The van der Waals surface area contributed by atoms with E-state index < -0.39 is 0 Å². The molecule has 0 aromatic heterocycles. The third-order valence-corrected chi connectivity index (χ3v) is 3.22. The second-order valence-corrected chi connectivity index (χ2v) is 3.97. The highest BCUT2D eigenvalue weighted by Crippen LogP contribution is 2.36. The molecule has 0 N–H and O–H groups in total. The number of hydrogen-bond acceptors (Lipinski definition) is 2. The molecule has 0 spiro atoms. The molecule has 1 aliphatic rings. The van der Waals surface area contributed by atoms with Crippen molar-refractivity contribution in [1.82, 2.24) is 0 Å². The van der Waals surface area contributed by atoms with E-state index in [1.54, 1.807) is 6.08 Å². The van der Waals surface area contributed by atoms with Crippen LogP contribution in [0.1, 0.15) is 32.6 Å². The molecule has 0 aliphatic heterocycles. The van der Waals surface area contributed by atoms with Crippen molar-refractivity contribution >= 4 is 17.7 Å². The van der Waals surface area contributed by atoms with Crippen molar-refractivity contribution in [1.29, 1.82) is 0 Å². The average molecular weight is 188 g/mol. The third kappa shape index (κ3) is 1.88. The molecule has 2 nitrogen and oxygen atoms in total. The molecule has 0 saturated heterocycles. The van der Waals surface area contributed by atoms with E-state index in [1.807, 2.05) is 6.92 Å². The van der Waals surface area contributed by atoms with Gasteiger partial charge in [-0.2, -0.15) is 4.99 Å². The number of hydrogen-bond donors (Lipinski definition) is 0. The first-order valence-electron chi connectivity index (χ1n) is 4.38. The van der Waals surface area contributed by atoms with Crippen LogP contribution in [0, 0.1) is 5.92 Å². The Morgan fingerprint density at radius 3 is 3.00 bits per heavy atom. The first-order chi connectivity index (χ1) is 5.73. The minimum absolute atomic E-state index is 0.234. The van der Waals surface area contributed by atoms with Crippen LogP contribution in [0.4, 0.5) is 0 Å². The molecule has 12 heavy (non-hydrogen) atoms. The fourth-order valence-electron chi connectivity index (χ4n) is 1.88. The zero-order valence-corrected chi connectivity index (χ0v) is 8.10. The maximum Gasteiger partial charge on any atom is 0.235 e. The fraction of sp³-hybridized carbons (Fsp3) is 0.889. The molecule has 1 aliphatic carbocycles. The molecule has 1 rings (SSSR count). The normalized spacial score (nSPS) is 35.7. The second-order valence-electron chi connectivity index (χ2n) is 3.66. The van der Waals surface area contributed by atoms with Crippen LogP contribution >= 0.6 is 11.6 Å². The van der Waals surface area contributed by atoms with E-state index in [1.165, 1.54) is 6.42 Å². The lowest BCUT2D eigenvalue weighted by atomic mass is 9.75. The van der Waals surface area contributed by atoms with Gasteiger partial charge >= 0.3 is 0 Å². The summed E-state index contributed by atoms with van der Waals surface area (Å²) in [6.45, 7) is 2.00. The fourth-order valence-corrected chi connectivity index (χ4v) is 2.37. The quantitative estimate of drug-likeness (QED) is 0.371. The first kappa shape index (κ1) is 9.76. The van der Waals surface area contributed by atoms with E-state index in [4.69, 9.17) is 11.6 Å². The maximum absolute atomic E-state index is 10.2. The largest absolute Gasteiger partial charge is 0.235 e. The summed E-state index contributed by atoms with van der Waals surface area (Å²) in [6.07, 6.45) is 6.08. The Hall–Kier alpha value is -0.330. The summed E-state index contributed by atoms with van der Waals surface area (Å²) in [4.78, 5) is 14.1. The molecule has 0 aromatic rings. The van der Waals surface area contributed by atoms with Crippen LogP contribution in [0.25, 0.3) is 0 Å². The molecule has 68 valence electrons. The van der Waals surface area contributed by atoms with Gasteiger partial charge in [0.2, 0.25) is 6.08 Å². The highest BCUT2D eigenvalue weighted by Gasteiger charge is 2.35. The van der Waals surface area contributed by atoms with E-state index in [2.05, 4.69) is 4.99 Å². The Kier molecular flexibility index (Phi) is 3.30. The van der Waals surface area contributed by atoms with Crippen LogP contribution in [-0.2, 0) is 4.79 Å². The van der Waals surface area contributed by atoms with Gasteiger partial charge in [-0.1, -0.05) is 12.8 Å². The van der Waals surface area contributed by atoms with Gasteiger partial charge in [-0.05, 0) is 25.7 Å². The highest BCUT2D eigenvalue weighted by atomic mass is 35.5. The Balaban J connectivity index is 2.74. The molecular formula is C9H14ClNO. The predicted molar refractivity (Wildman–Crippen MR) is 49.2 cm³/mol. The number of halogens is 1. The van der Waals surface area contributed by atoms with Crippen LogP contribution in [0.15, 0.2) is 4.99 Å². The number of rotatable bonds is 2. The van der Waals surface area contributed by atoms with E-state index in [9.17, 15) is 4.79 Å². The van der Waals surface area contributed by atoms with Gasteiger partial charge in [-0.25, -0.2) is 4.79 Å². The molecule has 2 atom stereocenters. The van der Waals surface area contributed by atoms with Gasteiger partial charge < -0.3 is 0 Å². The Bertz CT molecular complexity index is 201. The number of nitrogens with zero attached hydrogens (tertiary/aromatic N) is 1. The monoisotopic (exact) mass is 187 g/mol. The second kappa shape index (κ2) is 4.06. The minimum atomic E-state index is -0.234. The van der Waals surface area contributed by atoms with Crippen LogP contribution in [-0.4, -0.2) is 17.5 Å². The van der Waals surface area contributed by atoms with E-state index in [0.717, 1.165) is 19.3 Å². The summed E-state index contributed by atoms with van der Waals surface area (Å²) in [6, 6.07) is 0. The molecule has 1 saturated carbocycles. The topological polar surface area (TPSA) is 29.4 Å². The SMILES string of the molecule is CC1(N=C=O)CCCCC1CCl. The average Bonchev–Trinajstić information content (AvgIpc) is 2.05. The van der Waals surface area contributed by atoms with Crippen molar-refractivity contribution < 1.29 is 4.79 Å². The summed E-state index contributed by atoms with van der Waals surface area (Å²) in [5.74, 6) is 0.955. The Labute approximate surface area is 78.0 Å². The molecule has 2 unspecified atom stereocenters. The molecule has 0 aromatic carbocycles. The summed E-state index contributed by atoms with van der Waals surface area (Å²) < 4.78 is 0. The standard InChI is InChI=1S/C9H14ClNO/c1-9(11-7-12)5-3-2-4-8(9)6-10/h8H,2-6H2,1H3. The van der Waals surface area contributed by atoms with Gasteiger partial charge in [0.25, 0.3) is 0 Å².